The van der Waals surface area contributed by atoms with Crippen LogP contribution in [0.1, 0.15) is 68.2 Å². The highest BCUT2D eigenvalue weighted by Gasteiger charge is 2.78. The lowest BCUT2D eigenvalue weighted by molar-refractivity contribution is -0.235. The molecule has 4 rings (SSSR count). The van der Waals surface area contributed by atoms with Gasteiger partial charge in [0.25, 0.3) is 0 Å². The van der Waals surface area contributed by atoms with E-state index in [1.165, 1.54) is 26.8 Å². The van der Waals surface area contributed by atoms with Crippen LogP contribution >= 0.6 is 0 Å². The van der Waals surface area contributed by atoms with Crippen LogP contribution in [0, 0.1) is 17.3 Å². The van der Waals surface area contributed by atoms with Gasteiger partial charge in [0, 0.05) is 59.0 Å². The van der Waals surface area contributed by atoms with E-state index in [0.29, 0.717) is 0 Å². The number of rotatable bonds is 6. The number of esters is 6. The summed E-state index contributed by atoms with van der Waals surface area (Å²) in [5.41, 5.74) is -4.77. The van der Waals surface area contributed by atoms with E-state index in [9.17, 15) is 33.9 Å². The Morgan fingerprint density at radius 2 is 1.41 bits per heavy atom. The molecule has 44 heavy (non-hydrogen) atoms. The van der Waals surface area contributed by atoms with Crippen molar-refractivity contribution < 1.29 is 67.0 Å². The van der Waals surface area contributed by atoms with Crippen LogP contribution in [0.5, 0.6) is 0 Å². The first-order valence-corrected chi connectivity index (χ1v) is 14.5. The second kappa shape index (κ2) is 11.8. The Bertz CT molecular complexity index is 1270. The van der Waals surface area contributed by atoms with Gasteiger partial charge >= 0.3 is 35.8 Å². The monoisotopic (exact) mass is 624 g/mol. The molecule has 4 aliphatic rings. The summed E-state index contributed by atoms with van der Waals surface area (Å²) in [5.74, 6) is -6.74. The number of carbonyl (C=O) groups is 6. The van der Waals surface area contributed by atoms with E-state index >= 15 is 0 Å². The van der Waals surface area contributed by atoms with E-state index in [2.05, 4.69) is 0 Å². The Labute approximate surface area is 254 Å². The van der Waals surface area contributed by atoms with Crippen molar-refractivity contribution >= 4 is 35.8 Å². The molecule has 14 nitrogen and oxygen atoms in total. The standard InChI is InChI=1S/C30H40O14/c1-13-27(36)43-24-9-19(12-38-14(2)31)20(39-15(3)32)10-21(40-16(4)33)28(7)22(41-17(5)34)11-23-29(8,44-23)25(28)26(30(13,24)37)42-18(6)35/h9,13,20-26,37H,10-12H2,1-8H3/b19-9-/t13-,20+,21+,22-,23-,24-,25+,26+,28-,29-,30-/m0/s1. The molecule has 0 bridgehead atoms. The molecule has 11 atom stereocenters. The normalized spacial score (nSPS) is 42.0. The first kappa shape index (κ1) is 33.4. The van der Waals surface area contributed by atoms with Crippen molar-refractivity contribution in [2.45, 2.75) is 116 Å². The lowest BCUT2D eigenvalue weighted by atomic mass is 9.53. The quantitative estimate of drug-likeness (QED) is 0.191. The minimum absolute atomic E-state index is 0.105. The van der Waals surface area contributed by atoms with Gasteiger partial charge in [0.2, 0.25) is 0 Å². The number of carbonyl (C=O) groups excluding carboxylic acids is 6. The van der Waals surface area contributed by atoms with Crippen molar-refractivity contribution in [1.82, 2.24) is 0 Å². The average molecular weight is 625 g/mol. The number of fused-ring (bicyclic) bond motifs is 4. The fourth-order valence-electron chi connectivity index (χ4n) is 7.37. The van der Waals surface area contributed by atoms with Crippen molar-refractivity contribution in [1.29, 1.82) is 0 Å². The third-order valence-electron chi connectivity index (χ3n) is 9.45. The number of ether oxygens (including phenoxy) is 7. The van der Waals surface area contributed by atoms with Gasteiger partial charge in [-0.15, -0.1) is 0 Å². The highest BCUT2D eigenvalue weighted by atomic mass is 16.6. The third kappa shape index (κ3) is 5.81. The predicted octanol–water partition coefficient (Wildman–Crippen LogP) is 1.08. The molecule has 2 heterocycles. The van der Waals surface area contributed by atoms with Crippen LogP contribution in [0.25, 0.3) is 0 Å². The average Bonchev–Trinajstić information content (AvgIpc) is 3.49. The minimum atomic E-state index is -2.27. The van der Waals surface area contributed by atoms with Gasteiger partial charge in [0.15, 0.2) is 11.7 Å². The number of epoxide rings is 1. The summed E-state index contributed by atoms with van der Waals surface area (Å²) in [6.45, 7) is 10.2. The fraction of sp³-hybridized carbons (Fsp3) is 0.733. The van der Waals surface area contributed by atoms with Gasteiger partial charge in [-0.05, 0) is 19.9 Å². The molecule has 0 unspecified atom stereocenters. The van der Waals surface area contributed by atoms with Gasteiger partial charge in [-0.3, -0.25) is 28.8 Å². The lowest BCUT2D eigenvalue weighted by Gasteiger charge is -2.55. The van der Waals surface area contributed by atoms with Crippen LogP contribution in [0.3, 0.4) is 0 Å². The van der Waals surface area contributed by atoms with E-state index in [4.69, 9.17) is 33.2 Å². The van der Waals surface area contributed by atoms with Crippen molar-refractivity contribution in [3.63, 3.8) is 0 Å². The predicted molar refractivity (Wildman–Crippen MR) is 145 cm³/mol. The van der Waals surface area contributed by atoms with E-state index in [1.54, 1.807) is 13.8 Å². The van der Waals surface area contributed by atoms with Gasteiger partial charge in [-0.1, -0.05) is 6.92 Å². The van der Waals surface area contributed by atoms with Gasteiger partial charge in [0.05, 0.1) is 23.0 Å². The lowest BCUT2D eigenvalue weighted by Crippen LogP contribution is -2.69. The molecule has 0 amide bonds. The summed E-state index contributed by atoms with van der Waals surface area (Å²) in [5, 5.41) is 12.6. The Balaban J connectivity index is 2.08. The molecule has 3 fully saturated rings. The number of hydrogen-bond acceptors (Lipinski definition) is 14. The topological polar surface area (TPSA) is 191 Å². The third-order valence-corrected chi connectivity index (χ3v) is 9.45. The van der Waals surface area contributed by atoms with Gasteiger partial charge in [-0.2, -0.15) is 0 Å². The summed E-state index contributed by atoms with van der Waals surface area (Å²) in [6.07, 6.45) is -5.80. The number of hydrogen-bond donors (Lipinski definition) is 1. The highest BCUT2D eigenvalue weighted by Crippen LogP contribution is 2.65. The maximum atomic E-state index is 13.1. The maximum Gasteiger partial charge on any atom is 0.312 e. The van der Waals surface area contributed by atoms with Crippen LogP contribution in [0.2, 0.25) is 0 Å². The van der Waals surface area contributed by atoms with Gasteiger partial charge in [-0.25, -0.2) is 0 Å². The highest BCUT2D eigenvalue weighted by molar-refractivity contribution is 5.78. The summed E-state index contributed by atoms with van der Waals surface area (Å²) in [4.78, 5) is 75.2. The molecule has 2 saturated heterocycles. The first-order chi connectivity index (χ1) is 20.3. The van der Waals surface area contributed by atoms with Crippen LogP contribution < -0.4 is 0 Å². The Kier molecular flexibility index (Phi) is 8.93. The second-order valence-electron chi connectivity index (χ2n) is 12.4. The molecule has 0 aromatic carbocycles. The zero-order valence-corrected chi connectivity index (χ0v) is 26.1. The first-order valence-electron chi connectivity index (χ1n) is 14.5. The van der Waals surface area contributed by atoms with E-state index in [1.807, 2.05) is 0 Å². The Hall–Kier alpha value is -3.52. The van der Waals surface area contributed by atoms with Crippen molar-refractivity contribution in [3.8, 4) is 0 Å². The molecular weight excluding hydrogens is 584 g/mol. The Morgan fingerprint density at radius 3 is 1.93 bits per heavy atom. The molecular formula is C30H40O14. The Morgan fingerprint density at radius 1 is 0.864 bits per heavy atom. The molecule has 0 aromatic rings. The zero-order chi connectivity index (χ0) is 32.9. The molecule has 1 N–H and O–H groups in total. The van der Waals surface area contributed by atoms with E-state index in [-0.39, 0.29) is 18.4 Å². The van der Waals surface area contributed by atoms with Crippen LogP contribution in [-0.2, 0) is 61.9 Å². The van der Waals surface area contributed by atoms with Crippen molar-refractivity contribution in [2.24, 2.45) is 17.3 Å². The SMILES string of the molecule is CC(=O)OC/C1=C/[C@@H]2OC(=O)[C@H](C)[C@@]2(O)[C@H](OC(C)=O)[C@H]2[C@@]3(C)O[C@H]3C[C@H](OC(C)=O)[C@]2(C)[C@H](OC(C)=O)C[C@H]1OC(C)=O. The van der Waals surface area contributed by atoms with Crippen LogP contribution in [0.4, 0.5) is 0 Å². The molecule has 2 aliphatic heterocycles. The van der Waals surface area contributed by atoms with Crippen LogP contribution in [0.15, 0.2) is 11.6 Å². The van der Waals surface area contributed by atoms with Crippen molar-refractivity contribution in [2.75, 3.05) is 6.61 Å². The molecule has 2 aliphatic carbocycles. The molecule has 0 radical (unpaired) electrons. The smallest absolute Gasteiger partial charge is 0.312 e. The summed E-state index contributed by atoms with van der Waals surface area (Å²) < 4.78 is 40.4. The van der Waals surface area contributed by atoms with E-state index in [0.717, 1.165) is 20.8 Å². The zero-order valence-electron chi connectivity index (χ0n) is 26.1. The summed E-state index contributed by atoms with van der Waals surface area (Å²) in [7, 11) is 0. The summed E-state index contributed by atoms with van der Waals surface area (Å²) >= 11 is 0. The molecule has 0 aromatic heterocycles. The largest absolute Gasteiger partial charge is 0.462 e. The molecule has 1 saturated carbocycles. The molecule has 0 spiro atoms. The van der Waals surface area contributed by atoms with Gasteiger partial charge < -0.3 is 38.3 Å². The van der Waals surface area contributed by atoms with Gasteiger partial charge in [0.1, 0.15) is 31.0 Å². The van der Waals surface area contributed by atoms with E-state index < -0.39 is 107 Å². The molecule has 14 heteroatoms. The number of aliphatic hydroxyl groups is 1. The summed E-state index contributed by atoms with van der Waals surface area (Å²) in [6, 6.07) is 0. The van der Waals surface area contributed by atoms with Crippen molar-refractivity contribution in [3.05, 3.63) is 11.6 Å². The van der Waals surface area contributed by atoms with Crippen LogP contribution in [-0.4, -0.2) is 95.4 Å². The fourth-order valence-corrected chi connectivity index (χ4v) is 7.37. The second-order valence-corrected chi connectivity index (χ2v) is 12.4. The maximum absolute atomic E-state index is 13.1. The minimum Gasteiger partial charge on any atom is -0.462 e. The molecule has 244 valence electrons.